The molecule has 1 saturated carbocycles. The average Bonchev–Trinajstić information content (AvgIpc) is 2.85. The van der Waals surface area contributed by atoms with E-state index in [-0.39, 0.29) is 5.56 Å². The summed E-state index contributed by atoms with van der Waals surface area (Å²) in [7, 11) is 1.31. The van der Waals surface area contributed by atoms with Gasteiger partial charge >= 0.3 is 5.97 Å². The maximum atomic E-state index is 12.5. The summed E-state index contributed by atoms with van der Waals surface area (Å²) in [6, 6.07) is 0.468. The number of carbonyl (C=O) groups is 1. The number of hydrogen-bond acceptors (Lipinski definition) is 6. The molecule has 2 heterocycles. The van der Waals surface area contributed by atoms with Crippen LogP contribution in [0.3, 0.4) is 0 Å². The first kappa shape index (κ1) is 16.4. The molecule has 0 saturated heterocycles. The molecule has 3 unspecified atom stereocenters. The van der Waals surface area contributed by atoms with Gasteiger partial charge in [0.25, 0.3) is 5.56 Å². The monoisotopic (exact) mass is 337 g/mol. The van der Waals surface area contributed by atoms with Crippen molar-refractivity contribution >= 4 is 23.4 Å². The van der Waals surface area contributed by atoms with Crippen LogP contribution < -0.4 is 14.9 Å². The van der Waals surface area contributed by atoms with Crippen molar-refractivity contribution in [2.45, 2.75) is 45.8 Å². The number of aromatic nitrogens is 1. The fraction of sp³-hybridized carbons (Fsp3) is 0.688. The summed E-state index contributed by atoms with van der Waals surface area (Å²) in [5.74, 6) is 0.807. The highest BCUT2D eigenvalue weighted by Gasteiger charge is 2.32. The highest BCUT2D eigenvalue weighted by atomic mass is 32.1. The molecule has 3 rings (SSSR count). The first-order chi connectivity index (χ1) is 11.0. The van der Waals surface area contributed by atoms with Crippen LogP contribution in [0.5, 0.6) is 0 Å². The lowest BCUT2D eigenvalue weighted by Gasteiger charge is -2.41. The van der Waals surface area contributed by atoms with Crippen molar-refractivity contribution in [3.63, 3.8) is 0 Å². The molecule has 0 bridgehead atoms. The molecule has 1 aromatic heterocycles. The molecule has 126 valence electrons. The molecular weight excluding hydrogens is 314 g/mol. The Bertz CT molecular complexity index is 767. The molecule has 1 aliphatic carbocycles. The summed E-state index contributed by atoms with van der Waals surface area (Å²) in [4.78, 5) is 31.4. The van der Waals surface area contributed by atoms with Crippen molar-refractivity contribution in [1.82, 2.24) is 9.47 Å². The highest BCUT2D eigenvalue weighted by molar-refractivity contribution is 7.07. The molecule has 1 aromatic rings. The van der Waals surface area contributed by atoms with Crippen LogP contribution in [0.4, 0.5) is 0 Å². The largest absolute Gasteiger partial charge is 0.466 e. The van der Waals surface area contributed by atoms with Gasteiger partial charge in [-0.2, -0.15) is 0 Å². The van der Waals surface area contributed by atoms with Crippen LogP contribution in [-0.2, 0) is 16.2 Å². The van der Waals surface area contributed by atoms with Gasteiger partial charge in [-0.1, -0.05) is 38.0 Å². The number of fused-ring (bicyclic) bond motifs is 1. The van der Waals surface area contributed by atoms with Gasteiger partial charge in [0.05, 0.1) is 20.4 Å². The second kappa shape index (κ2) is 6.57. The number of carbonyl (C=O) groups excluding carboxylic acids is 1. The van der Waals surface area contributed by atoms with Gasteiger partial charge in [-0.3, -0.25) is 14.3 Å². The zero-order chi connectivity index (χ0) is 16.6. The molecule has 1 aliphatic heterocycles. The lowest BCUT2D eigenvalue weighted by Crippen LogP contribution is -2.50. The number of thiazole rings is 1. The van der Waals surface area contributed by atoms with E-state index in [0.29, 0.717) is 40.5 Å². The van der Waals surface area contributed by atoms with Crippen LogP contribution in [0.1, 0.15) is 33.1 Å². The molecule has 7 heteroatoms. The topological polar surface area (TPSA) is 63.9 Å². The van der Waals surface area contributed by atoms with Gasteiger partial charge in [-0.05, 0) is 18.3 Å². The van der Waals surface area contributed by atoms with Crippen molar-refractivity contribution in [1.29, 1.82) is 0 Å². The van der Waals surface area contributed by atoms with Gasteiger partial charge in [-0.25, -0.2) is 9.79 Å². The Kier molecular flexibility index (Phi) is 4.68. The van der Waals surface area contributed by atoms with Crippen molar-refractivity contribution in [2.75, 3.05) is 13.8 Å². The van der Waals surface area contributed by atoms with Crippen LogP contribution in [0.15, 0.2) is 9.79 Å². The molecular formula is C16H23N3O3S. The lowest BCUT2D eigenvalue weighted by molar-refractivity contribution is -0.133. The van der Waals surface area contributed by atoms with Gasteiger partial charge < -0.3 is 4.74 Å². The molecule has 0 amide bonds. The Hall–Kier alpha value is -1.47. The molecule has 0 aromatic carbocycles. The fourth-order valence-corrected chi connectivity index (χ4v) is 4.50. The molecule has 0 radical (unpaired) electrons. The van der Waals surface area contributed by atoms with Crippen molar-refractivity contribution < 1.29 is 9.53 Å². The predicted molar refractivity (Wildman–Crippen MR) is 88.5 cm³/mol. The van der Waals surface area contributed by atoms with Gasteiger partial charge in [0, 0.05) is 12.1 Å². The van der Waals surface area contributed by atoms with E-state index in [1.54, 1.807) is 4.57 Å². The molecule has 23 heavy (non-hydrogen) atoms. The minimum atomic E-state index is -0.507. The van der Waals surface area contributed by atoms with Crippen molar-refractivity contribution in [3.8, 4) is 0 Å². The zero-order valence-corrected chi connectivity index (χ0v) is 14.6. The quantitative estimate of drug-likeness (QED) is 0.739. The summed E-state index contributed by atoms with van der Waals surface area (Å²) in [6.45, 7) is 5.80. The Labute approximate surface area is 139 Å². The first-order valence-electron chi connectivity index (χ1n) is 8.09. The minimum absolute atomic E-state index is 0.152. The Morgan fingerprint density at radius 1 is 1.39 bits per heavy atom. The van der Waals surface area contributed by atoms with Gasteiger partial charge in [0.2, 0.25) is 0 Å². The maximum Gasteiger partial charge on any atom is 0.332 e. The molecule has 0 spiro atoms. The number of nitrogens with zero attached hydrogens (tertiary/aromatic N) is 3. The van der Waals surface area contributed by atoms with Gasteiger partial charge in [0.15, 0.2) is 4.80 Å². The van der Waals surface area contributed by atoms with E-state index >= 15 is 0 Å². The predicted octanol–water partition coefficient (Wildman–Crippen LogP) is 0.538. The SMILES string of the molecule is COC(=O)/C=c1/sc2n(c1=O)CN(C1CCCC(C)C1C)CN=2. The summed E-state index contributed by atoms with van der Waals surface area (Å²) in [5.41, 5.74) is -0.152. The molecule has 0 N–H and O–H groups in total. The first-order valence-corrected chi connectivity index (χ1v) is 8.90. The highest BCUT2D eigenvalue weighted by Crippen LogP contribution is 2.33. The zero-order valence-electron chi connectivity index (χ0n) is 13.8. The Morgan fingerprint density at radius 2 is 2.17 bits per heavy atom. The third-order valence-corrected chi connectivity index (χ3v) is 6.23. The van der Waals surface area contributed by atoms with Crippen LogP contribution in [0, 0.1) is 11.8 Å². The van der Waals surface area contributed by atoms with E-state index in [1.165, 1.54) is 37.4 Å². The number of rotatable bonds is 2. The number of hydrogen-bond donors (Lipinski definition) is 0. The Balaban J connectivity index is 1.88. The number of methoxy groups -OCH3 is 1. The van der Waals surface area contributed by atoms with E-state index in [0.717, 1.165) is 6.42 Å². The van der Waals surface area contributed by atoms with Crippen molar-refractivity contribution in [2.24, 2.45) is 16.8 Å². The van der Waals surface area contributed by atoms with Gasteiger partial charge in [0.1, 0.15) is 4.53 Å². The summed E-state index contributed by atoms with van der Waals surface area (Å²) >= 11 is 1.26. The molecule has 2 aliphatic rings. The smallest absolute Gasteiger partial charge is 0.332 e. The van der Waals surface area contributed by atoms with Crippen LogP contribution in [-0.4, -0.2) is 35.3 Å². The summed E-state index contributed by atoms with van der Waals surface area (Å²) < 4.78 is 6.67. The van der Waals surface area contributed by atoms with E-state index in [4.69, 9.17) is 0 Å². The van der Waals surface area contributed by atoms with Crippen LogP contribution >= 0.6 is 11.3 Å². The van der Waals surface area contributed by atoms with Crippen LogP contribution in [0.2, 0.25) is 0 Å². The van der Waals surface area contributed by atoms with Crippen molar-refractivity contribution in [3.05, 3.63) is 19.7 Å². The maximum absolute atomic E-state index is 12.5. The fourth-order valence-electron chi connectivity index (χ4n) is 3.57. The molecule has 1 fully saturated rings. The van der Waals surface area contributed by atoms with E-state index in [9.17, 15) is 9.59 Å². The van der Waals surface area contributed by atoms with E-state index in [2.05, 4.69) is 28.5 Å². The lowest BCUT2D eigenvalue weighted by atomic mass is 9.77. The van der Waals surface area contributed by atoms with Crippen LogP contribution in [0.25, 0.3) is 6.08 Å². The standard InChI is InChI=1S/C16H23N3O3S/c1-10-5-4-6-12(11(10)2)18-8-17-16-19(9-18)15(21)13(23-16)7-14(20)22-3/h7,10-12H,4-6,8-9H2,1-3H3/b13-7+. The second-order valence-electron chi connectivity index (χ2n) is 6.51. The third-order valence-electron chi connectivity index (χ3n) is 5.18. The molecule has 3 atom stereocenters. The molecule has 6 nitrogen and oxygen atoms in total. The normalized spacial score (nSPS) is 29.0. The number of esters is 1. The second-order valence-corrected chi connectivity index (χ2v) is 7.52. The number of ether oxygens (including phenoxy) is 1. The average molecular weight is 337 g/mol. The van der Waals surface area contributed by atoms with E-state index < -0.39 is 5.97 Å². The summed E-state index contributed by atoms with van der Waals surface area (Å²) in [5, 5.41) is 0. The minimum Gasteiger partial charge on any atom is -0.466 e. The third kappa shape index (κ3) is 3.12. The summed E-state index contributed by atoms with van der Waals surface area (Å²) in [6.07, 6.45) is 4.93. The van der Waals surface area contributed by atoms with Gasteiger partial charge in [-0.15, -0.1) is 0 Å². The van der Waals surface area contributed by atoms with E-state index in [1.807, 2.05) is 0 Å². The Morgan fingerprint density at radius 3 is 2.91 bits per heavy atom.